The second-order valence-corrected chi connectivity index (χ2v) is 7.87. The molecule has 2 heterocycles. The molecule has 2 aliphatic rings. The van der Waals surface area contributed by atoms with Gasteiger partial charge in [-0.25, -0.2) is 0 Å². The Hall–Kier alpha value is -0.790. The van der Waals surface area contributed by atoms with Crippen molar-refractivity contribution in [1.29, 1.82) is 0 Å². The maximum Gasteiger partial charge on any atom is 0.168 e. The highest BCUT2D eigenvalue weighted by molar-refractivity contribution is 7.66. The fourth-order valence-corrected chi connectivity index (χ4v) is 5.25. The SMILES string of the molecule is CC(C)N1CCP(c2cccc3c2OCCO3)CC1. The van der Waals surface area contributed by atoms with E-state index in [0.29, 0.717) is 19.3 Å². The smallest absolute Gasteiger partial charge is 0.168 e. The third-order valence-corrected chi connectivity index (χ3v) is 6.44. The first kappa shape index (κ1) is 13.2. The van der Waals surface area contributed by atoms with Gasteiger partial charge in [-0.2, -0.15) is 0 Å². The van der Waals surface area contributed by atoms with E-state index in [2.05, 4.69) is 30.9 Å². The number of hydrogen-bond acceptors (Lipinski definition) is 3. The second kappa shape index (κ2) is 5.68. The summed E-state index contributed by atoms with van der Waals surface area (Å²) < 4.78 is 11.5. The zero-order valence-corrected chi connectivity index (χ0v) is 12.7. The average molecular weight is 279 g/mol. The van der Waals surface area contributed by atoms with Crippen LogP contribution in [-0.2, 0) is 0 Å². The van der Waals surface area contributed by atoms with Crippen molar-refractivity contribution >= 4 is 13.2 Å². The Morgan fingerprint density at radius 1 is 1.11 bits per heavy atom. The van der Waals surface area contributed by atoms with Crippen LogP contribution in [0.3, 0.4) is 0 Å². The summed E-state index contributed by atoms with van der Waals surface area (Å²) in [5.41, 5.74) is 0. The molecule has 1 aromatic carbocycles. The van der Waals surface area contributed by atoms with Crippen molar-refractivity contribution in [2.24, 2.45) is 0 Å². The third-order valence-electron chi connectivity index (χ3n) is 3.93. The van der Waals surface area contributed by atoms with Crippen molar-refractivity contribution < 1.29 is 9.47 Å². The Morgan fingerprint density at radius 3 is 2.58 bits per heavy atom. The van der Waals surface area contributed by atoms with Gasteiger partial charge in [0.05, 0.1) is 0 Å². The molecule has 3 nitrogen and oxygen atoms in total. The average Bonchev–Trinajstić information content (AvgIpc) is 2.47. The number of nitrogens with zero attached hydrogens (tertiary/aromatic N) is 1. The molecule has 0 bridgehead atoms. The van der Waals surface area contributed by atoms with Gasteiger partial charge in [0.2, 0.25) is 0 Å². The molecule has 2 aliphatic heterocycles. The Morgan fingerprint density at radius 2 is 1.84 bits per heavy atom. The number of benzene rings is 1. The normalized spacial score (nSPS) is 20.8. The van der Waals surface area contributed by atoms with Crippen LogP contribution in [0.5, 0.6) is 11.5 Å². The standard InChI is InChI=1S/C15H22NO2P/c1-12(2)16-6-10-19(11-7-16)14-5-3-4-13-15(14)18-9-8-17-13/h3-5,12H,6-11H2,1-2H3. The van der Waals surface area contributed by atoms with E-state index < -0.39 is 0 Å². The van der Waals surface area contributed by atoms with Crippen LogP contribution < -0.4 is 14.8 Å². The Bertz CT molecular complexity index is 442. The van der Waals surface area contributed by atoms with Gasteiger partial charge in [-0.1, -0.05) is 20.1 Å². The van der Waals surface area contributed by atoms with Crippen LogP contribution in [-0.4, -0.2) is 49.6 Å². The fraction of sp³-hybridized carbons (Fsp3) is 0.600. The van der Waals surface area contributed by atoms with Crippen LogP contribution in [0.15, 0.2) is 18.2 Å². The van der Waals surface area contributed by atoms with Crippen LogP contribution in [0.1, 0.15) is 13.8 Å². The van der Waals surface area contributed by atoms with E-state index in [1.54, 1.807) is 0 Å². The highest BCUT2D eigenvalue weighted by Gasteiger charge is 2.26. The first-order chi connectivity index (χ1) is 9.25. The number of para-hydroxylation sites is 1. The van der Waals surface area contributed by atoms with Gasteiger partial charge in [0.15, 0.2) is 11.5 Å². The zero-order valence-electron chi connectivity index (χ0n) is 11.8. The molecule has 0 amide bonds. The predicted octanol–water partition coefficient (Wildman–Crippen LogP) is 2.29. The summed E-state index contributed by atoms with van der Waals surface area (Å²) in [5, 5.41) is 1.41. The molecule has 1 fully saturated rings. The second-order valence-electron chi connectivity index (χ2n) is 5.42. The third kappa shape index (κ3) is 2.73. The lowest BCUT2D eigenvalue weighted by atomic mass is 10.3. The lowest BCUT2D eigenvalue weighted by Crippen LogP contribution is -2.40. The Kier molecular flexibility index (Phi) is 3.95. The molecule has 19 heavy (non-hydrogen) atoms. The molecule has 0 spiro atoms. The minimum absolute atomic E-state index is 0.0796. The summed E-state index contributed by atoms with van der Waals surface area (Å²) in [7, 11) is -0.0796. The topological polar surface area (TPSA) is 21.7 Å². The molecule has 0 aliphatic carbocycles. The summed E-state index contributed by atoms with van der Waals surface area (Å²) in [6.45, 7) is 8.37. The lowest BCUT2D eigenvalue weighted by Gasteiger charge is -2.36. The van der Waals surface area contributed by atoms with Crippen molar-refractivity contribution in [3.05, 3.63) is 18.2 Å². The molecule has 0 N–H and O–H groups in total. The van der Waals surface area contributed by atoms with Crippen LogP contribution in [0.25, 0.3) is 0 Å². The molecule has 4 heteroatoms. The fourth-order valence-electron chi connectivity index (χ4n) is 2.79. The maximum atomic E-state index is 5.86. The van der Waals surface area contributed by atoms with E-state index in [1.165, 1.54) is 30.7 Å². The summed E-state index contributed by atoms with van der Waals surface area (Å²) in [4.78, 5) is 2.57. The monoisotopic (exact) mass is 279 g/mol. The summed E-state index contributed by atoms with van der Waals surface area (Å²) in [6, 6.07) is 7.04. The minimum Gasteiger partial charge on any atom is -0.486 e. The molecule has 0 aromatic heterocycles. The van der Waals surface area contributed by atoms with Crippen molar-refractivity contribution in [2.45, 2.75) is 19.9 Å². The highest BCUT2D eigenvalue weighted by atomic mass is 31.1. The summed E-state index contributed by atoms with van der Waals surface area (Å²) >= 11 is 0. The van der Waals surface area contributed by atoms with Crippen molar-refractivity contribution in [2.75, 3.05) is 38.6 Å². The van der Waals surface area contributed by atoms with Gasteiger partial charge in [-0.3, -0.25) is 0 Å². The summed E-state index contributed by atoms with van der Waals surface area (Å²) in [6.07, 6.45) is 2.57. The van der Waals surface area contributed by atoms with E-state index in [-0.39, 0.29) is 7.92 Å². The zero-order chi connectivity index (χ0) is 13.2. The van der Waals surface area contributed by atoms with Gasteiger partial charge >= 0.3 is 0 Å². The number of hydrogen-bond donors (Lipinski definition) is 0. The van der Waals surface area contributed by atoms with Crippen molar-refractivity contribution in [1.82, 2.24) is 4.90 Å². The predicted molar refractivity (Wildman–Crippen MR) is 80.4 cm³/mol. The maximum absolute atomic E-state index is 5.86. The molecular formula is C15H22NO2P. The molecule has 104 valence electrons. The molecule has 0 unspecified atom stereocenters. The van der Waals surface area contributed by atoms with E-state index >= 15 is 0 Å². The first-order valence-electron chi connectivity index (χ1n) is 7.13. The van der Waals surface area contributed by atoms with Gasteiger partial charge in [0, 0.05) is 24.4 Å². The number of ether oxygens (including phenoxy) is 2. The van der Waals surface area contributed by atoms with Crippen LogP contribution in [0, 0.1) is 0 Å². The van der Waals surface area contributed by atoms with E-state index in [4.69, 9.17) is 9.47 Å². The van der Waals surface area contributed by atoms with Gasteiger partial charge in [0.25, 0.3) is 0 Å². The number of fused-ring (bicyclic) bond motifs is 1. The molecule has 1 saturated heterocycles. The van der Waals surface area contributed by atoms with Gasteiger partial charge < -0.3 is 14.4 Å². The van der Waals surface area contributed by atoms with Crippen LogP contribution in [0.4, 0.5) is 0 Å². The number of rotatable bonds is 2. The van der Waals surface area contributed by atoms with E-state index in [9.17, 15) is 0 Å². The van der Waals surface area contributed by atoms with Crippen LogP contribution >= 0.6 is 7.92 Å². The first-order valence-corrected chi connectivity index (χ1v) is 8.84. The molecule has 3 rings (SSSR count). The Balaban J connectivity index is 1.77. The van der Waals surface area contributed by atoms with Gasteiger partial charge in [0.1, 0.15) is 13.2 Å². The lowest BCUT2D eigenvalue weighted by molar-refractivity contribution is 0.173. The van der Waals surface area contributed by atoms with Crippen molar-refractivity contribution in [3.8, 4) is 11.5 Å². The molecule has 1 aromatic rings. The molecule has 0 saturated carbocycles. The molecule has 0 radical (unpaired) electrons. The van der Waals surface area contributed by atoms with Gasteiger partial charge in [-0.15, -0.1) is 0 Å². The molecular weight excluding hydrogens is 257 g/mol. The van der Waals surface area contributed by atoms with E-state index in [1.807, 2.05) is 6.07 Å². The summed E-state index contributed by atoms with van der Waals surface area (Å²) in [5.74, 6) is 1.97. The highest BCUT2D eigenvalue weighted by Crippen LogP contribution is 2.43. The molecule has 0 atom stereocenters. The van der Waals surface area contributed by atoms with Crippen LogP contribution in [0.2, 0.25) is 0 Å². The Labute approximate surface area is 116 Å². The quantitative estimate of drug-likeness (QED) is 0.775. The minimum atomic E-state index is -0.0796. The van der Waals surface area contributed by atoms with Crippen molar-refractivity contribution in [3.63, 3.8) is 0 Å². The van der Waals surface area contributed by atoms with Gasteiger partial charge in [-0.05, 0) is 32.2 Å². The largest absolute Gasteiger partial charge is 0.486 e. The van der Waals surface area contributed by atoms with E-state index in [0.717, 1.165) is 11.5 Å².